The van der Waals surface area contributed by atoms with Gasteiger partial charge in [0.15, 0.2) is 0 Å². The molecule has 3 heteroatoms. The van der Waals surface area contributed by atoms with Gasteiger partial charge in [0.25, 0.3) is 0 Å². The molecule has 4 atom stereocenters. The first-order valence-corrected chi connectivity index (χ1v) is 7.27. The fourth-order valence-corrected chi connectivity index (χ4v) is 2.61. The fraction of sp³-hybridized carbons (Fsp3) is 0.933. The summed E-state index contributed by atoms with van der Waals surface area (Å²) in [5, 5.41) is 6.51. The third-order valence-corrected chi connectivity index (χ3v) is 3.98. The molecule has 0 heterocycles. The Hall–Kier alpha value is -0.570. The number of rotatable bonds is 3. The summed E-state index contributed by atoms with van der Waals surface area (Å²) in [4.78, 5) is 12.0. The smallest absolute Gasteiger partial charge is 0.237 e. The summed E-state index contributed by atoms with van der Waals surface area (Å²) >= 11 is 0. The van der Waals surface area contributed by atoms with Crippen LogP contribution in [0.3, 0.4) is 0 Å². The molecule has 1 fully saturated rings. The molecule has 1 rings (SSSR count). The Morgan fingerprint density at radius 2 is 1.78 bits per heavy atom. The minimum Gasteiger partial charge on any atom is -0.350 e. The SMILES string of the molecule is CC(NC1CCC(C)C(C)C1)C(=O)NC(C)(C)C. The van der Waals surface area contributed by atoms with Gasteiger partial charge in [0.05, 0.1) is 6.04 Å². The largest absolute Gasteiger partial charge is 0.350 e. The van der Waals surface area contributed by atoms with Crippen molar-refractivity contribution in [2.45, 2.75) is 78.4 Å². The first-order chi connectivity index (χ1) is 8.19. The molecule has 0 aromatic rings. The molecule has 0 aromatic heterocycles. The Bertz CT molecular complexity index is 283. The topological polar surface area (TPSA) is 41.1 Å². The fourth-order valence-electron chi connectivity index (χ4n) is 2.61. The van der Waals surface area contributed by atoms with E-state index in [-0.39, 0.29) is 17.5 Å². The molecule has 4 unspecified atom stereocenters. The Morgan fingerprint density at radius 3 is 2.28 bits per heavy atom. The maximum atomic E-state index is 12.0. The van der Waals surface area contributed by atoms with Crippen molar-refractivity contribution in [3.8, 4) is 0 Å². The van der Waals surface area contributed by atoms with Crippen LogP contribution in [-0.2, 0) is 4.79 Å². The third kappa shape index (κ3) is 4.97. The lowest BCUT2D eigenvalue weighted by Crippen LogP contribution is -2.52. The van der Waals surface area contributed by atoms with Crippen molar-refractivity contribution in [2.24, 2.45) is 11.8 Å². The number of nitrogens with one attached hydrogen (secondary N) is 2. The molecule has 0 aromatic carbocycles. The Morgan fingerprint density at radius 1 is 1.17 bits per heavy atom. The second kappa shape index (κ2) is 6.05. The number of carbonyl (C=O) groups is 1. The van der Waals surface area contributed by atoms with E-state index in [0.29, 0.717) is 6.04 Å². The van der Waals surface area contributed by atoms with Crippen LogP contribution in [0.4, 0.5) is 0 Å². The number of hydrogen-bond acceptors (Lipinski definition) is 2. The van der Waals surface area contributed by atoms with E-state index in [1.807, 2.05) is 27.7 Å². The first-order valence-electron chi connectivity index (χ1n) is 7.27. The summed E-state index contributed by atoms with van der Waals surface area (Å²) in [6.07, 6.45) is 3.65. The Labute approximate surface area is 112 Å². The van der Waals surface area contributed by atoms with Crippen molar-refractivity contribution in [3.05, 3.63) is 0 Å². The van der Waals surface area contributed by atoms with Crippen molar-refractivity contribution >= 4 is 5.91 Å². The molecular weight excluding hydrogens is 224 g/mol. The third-order valence-electron chi connectivity index (χ3n) is 3.98. The molecule has 1 aliphatic carbocycles. The van der Waals surface area contributed by atoms with Gasteiger partial charge in [0.1, 0.15) is 0 Å². The summed E-state index contributed by atoms with van der Waals surface area (Å²) in [5.74, 6) is 1.68. The quantitative estimate of drug-likeness (QED) is 0.813. The average molecular weight is 254 g/mol. The number of hydrogen-bond donors (Lipinski definition) is 2. The van der Waals surface area contributed by atoms with Gasteiger partial charge in [-0.2, -0.15) is 0 Å². The van der Waals surface area contributed by atoms with Gasteiger partial charge in [0.2, 0.25) is 5.91 Å². The van der Waals surface area contributed by atoms with E-state index in [1.54, 1.807) is 0 Å². The lowest BCUT2D eigenvalue weighted by atomic mass is 9.79. The van der Waals surface area contributed by atoms with Gasteiger partial charge in [0, 0.05) is 11.6 Å². The monoisotopic (exact) mass is 254 g/mol. The summed E-state index contributed by atoms with van der Waals surface area (Å²) < 4.78 is 0. The minimum absolute atomic E-state index is 0.102. The maximum absolute atomic E-state index is 12.0. The van der Waals surface area contributed by atoms with Crippen molar-refractivity contribution < 1.29 is 4.79 Å². The molecule has 0 aliphatic heterocycles. The second-order valence-corrected chi connectivity index (χ2v) is 7.09. The minimum atomic E-state index is -0.151. The molecule has 2 N–H and O–H groups in total. The highest BCUT2D eigenvalue weighted by molar-refractivity contribution is 5.81. The van der Waals surface area contributed by atoms with Crippen LogP contribution in [-0.4, -0.2) is 23.5 Å². The standard InChI is InChI=1S/C15H30N2O/c1-10-7-8-13(9-11(10)2)16-12(3)14(18)17-15(4,5)6/h10-13,16H,7-9H2,1-6H3,(H,17,18). The zero-order valence-corrected chi connectivity index (χ0v) is 12.8. The summed E-state index contributed by atoms with van der Waals surface area (Å²) in [6, 6.07) is 0.395. The molecule has 18 heavy (non-hydrogen) atoms. The lowest BCUT2D eigenvalue weighted by molar-refractivity contribution is -0.124. The molecule has 1 amide bonds. The van der Waals surface area contributed by atoms with Crippen LogP contribution < -0.4 is 10.6 Å². The molecule has 0 radical (unpaired) electrons. The van der Waals surface area contributed by atoms with Crippen molar-refractivity contribution in [3.63, 3.8) is 0 Å². The molecule has 0 bridgehead atoms. The van der Waals surface area contributed by atoms with Crippen LogP contribution in [0.1, 0.15) is 60.8 Å². The van der Waals surface area contributed by atoms with Crippen molar-refractivity contribution in [1.29, 1.82) is 0 Å². The lowest BCUT2D eigenvalue weighted by Gasteiger charge is -2.34. The van der Waals surface area contributed by atoms with E-state index in [4.69, 9.17) is 0 Å². The van der Waals surface area contributed by atoms with E-state index in [9.17, 15) is 4.79 Å². The molecule has 3 nitrogen and oxygen atoms in total. The van der Waals surface area contributed by atoms with Crippen LogP contribution in [0.2, 0.25) is 0 Å². The summed E-state index contributed by atoms with van der Waals surface area (Å²) in [6.45, 7) is 12.7. The molecule has 0 spiro atoms. The predicted octanol–water partition coefficient (Wildman–Crippen LogP) is 2.70. The highest BCUT2D eigenvalue weighted by Crippen LogP contribution is 2.29. The first kappa shape index (κ1) is 15.5. The molecular formula is C15H30N2O. The molecule has 1 aliphatic rings. The second-order valence-electron chi connectivity index (χ2n) is 7.09. The normalized spacial score (nSPS) is 30.9. The van der Waals surface area contributed by atoms with Gasteiger partial charge < -0.3 is 10.6 Å². The summed E-state index contributed by atoms with van der Waals surface area (Å²) in [7, 11) is 0. The van der Waals surface area contributed by atoms with E-state index < -0.39 is 0 Å². The van der Waals surface area contributed by atoms with E-state index in [2.05, 4.69) is 24.5 Å². The maximum Gasteiger partial charge on any atom is 0.237 e. The zero-order chi connectivity index (χ0) is 13.9. The number of amides is 1. The number of carbonyl (C=O) groups excluding carboxylic acids is 1. The Balaban J connectivity index is 2.40. The van der Waals surface area contributed by atoms with Gasteiger partial charge in [-0.3, -0.25) is 4.79 Å². The van der Waals surface area contributed by atoms with Crippen LogP contribution in [0, 0.1) is 11.8 Å². The van der Waals surface area contributed by atoms with Crippen molar-refractivity contribution in [2.75, 3.05) is 0 Å². The van der Waals surface area contributed by atoms with Gasteiger partial charge >= 0.3 is 0 Å². The van der Waals surface area contributed by atoms with Crippen molar-refractivity contribution in [1.82, 2.24) is 10.6 Å². The summed E-state index contributed by atoms with van der Waals surface area (Å²) in [5.41, 5.74) is -0.151. The van der Waals surface area contributed by atoms with Crippen LogP contribution in [0.25, 0.3) is 0 Å². The van der Waals surface area contributed by atoms with E-state index in [0.717, 1.165) is 11.8 Å². The predicted molar refractivity (Wildman–Crippen MR) is 76.5 cm³/mol. The van der Waals surface area contributed by atoms with Crippen LogP contribution >= 0.6 is 0 Å². The molecule has 106 valence electrons. The van der Waals surface area contributed by atoms with Gasteiger partial charge in [-0.15, -0.1) is 0 Å². The van der Waals surface area contributed by atoms with Crippen LogP contribution in [0.5, 0.6) is 0 Å². The highest BCUT2D eigenvalue weighted by atomic mass is 16.2. The zero-order valence-electron chi connectivity index (χ0n) is 12.8. The Kier molecular flexibility index (Phi) is 5.20. The van der Waals surface area contributed by atoms with Gasteiger partial charge in [-0.25, -0.2) is 0 Å². The highest BCUT2D eigenvalue weighted by Gasteiger charge is 2.27. The molecule has 1 saturated carbocycles. The average Bonchev–Trinajstić information content (AvgIpc) is 2.21. The molecule has 0 saturated heterocycles. The van der Waals surface area contributed by atoms with E-state index >= 15 is 0 Å². The van der Waals surface area contributed by atoms with Gasteiger partial charge in [-0.05, 0) is 58.8 Å². The van der Waals surface area contributed by atoms with Gasteiger partial charge in [-0.1, -0.05) is 13.8 Å². The van der Waals surface area contributed by atoms with E-state index in [1.165, 1.54) is 19.3 Å². The van der Waals surface area contributed by atoms with Crippen LogP contribution in [0.15, 0.2) is 0 Å².